The van der Waals surface area contributed by atoms with Crippen molar-refractivity contribution in [2.45, 2.75) is 0 Å². The van der Waals surface area contributed by atoms with Crippen molar-refractivity contribution in [3.05, 3.63) is 48.4 Å². The van der Waals surface area contributed by atoms with Crippen LogP contribution in [-0.2, 0) is 0 Å². The zero-order valence-corrected chi connectivity index (χ0v) is 12.9. The van der Waals surface area contributed by atoms with Gasteiger partial charge in [-0.25, -0.2) is 9.37 Å². The van der Waals surface area contributed by atoms with Crippen molar-refractivity contribution >= 4 is 5.82 Å². The highest BCUT2D eigenvalue weighted by Gasteiger charge is 2.15. The number of rotatable bonds is 3. The van der Waals surface area contributed by atoms with Gasteiger partial charge in [-0.2, -0.15) is 4.98 Å². The van der Waals surface area contributed by atoms with Gasteiger partial charge in [-0.3, -0.25) is 0 Å². The summed E-state index contributed by atoms with van der Waals surface area (Å²) in [5.41, 5.74) is 1.53. The van der Waals surface area contributed by atoms with E-state index < -0.39 is 0 Å². The Morgan fingerprint density at radius 2 is 1.83 bits per heavy atom. The zero-order valence-electron chi connectivity index (χ0n) is 12.9. The summed E-state index contributed by atoms with van der Waals surface area (Å²) in [6.07, 6.45) is 1.74. The van der Waals surface area contributed by atoms with E-state index in [4.69, 9.17) is 4.52 Å². The Hall–Kier alpha value is -2.80. The first-order valence-electron chi connectivity index (χ1n) is 7.81. The fourth-order valence-electron chi connectivity index (χ4n) is 2.68. The zero-order chi connectivity index (χ0) is 16.4. The van der Waals surface area contributed by atoms with E-state index >= 15 is 0 Å². The third-order valence-corrected chi connectivity index (χ3v) is 3.96. The van der Waals surface area contributed by atoms with Crippen LogP contribution in [0.25, 0.3) is 22.8 Å². The molecule has 0 radical (unpaired) electrons. The van der Waals surface area contributed by atoms with Crippen molar-refractivity contribution in [2.24, 2.45) is 0 Å². The van der Waals surface area contributed by atoms with Gasteiger partial charge in [0.25, 0.3) is 5.89 Å². The van der Waals surface area contributed by atoms with Gasteiger partial charge in [-0.1, -0.05) is 5.16 Å². The molecule has 0 spiro atoms. The average molecular weight is 325 g/mol. The summed E-state index contributed by atoms with van der Waals surface area (Å²) >= 11 is 0. The number of hydrogen-bond acceptors (Lipinski definition) is 6. The van der Waals surface area contributed by atoms with Gasteiger partial charge in [0.15, 0.2) is 0 Å². The number of halogens is 1. The molecule has 6 nitrogen and oxygen atoms in total. The van der Waals surface area contributed by atoms with E-state index in [2.05, 4.69) is 25.3 Å². The molecule has 1 aromatic carbocycles. The topological polar surface area (TPSA) is 67.1 Å². The van der Waals surface area contributed by atoms with Gasteiger partial charge in [0.05, 0.1) is 0 Å². The normalized spacial score (nSPS) is 14.8. The lowest BCUT2D eigenvalue weighted by atomic mass is 10.2. The van der Waals surface area contributed by atoms with E-state index in [0.29, 0.717) is 17.3 Å². The number of anilines is 1. The van der Waals surface area contributed by atoms with Crippen LogP contribution in [0.4, 0.5) is 10.2 Å². The monoisotopic (exact) mass is 325 g/mol. The van der Waals surface area contributed by atoms with Crippen LogP contribution in [0.1, 0.15) is 0 Å². The fraction of sp³-hybridized carbons (Fsp3) is 0.235. The number of nitrogens with zero attached hydrogens (tertiary/aromatic N) is 4. The summed E-state index contributed by atoms with van der Waals surface area (Å²) in [6.45, 7) is 3.73. The molecule has 1 aliphatic rings. The maximum Gasteiger partial charge on any atom is 0.258 e. The molecule has 1 aliphatic heterocycles. The molecule has 1 N–H and O–H groups in total. The van der Waals surface area contributed by atoms with Crippen molar-refractivity contribution in [2.75, 3.05) is 31.1 Å². The smallest absolute Gasteiger partial charge is 0.258 e. The van der Waals surface area contributed by atoms with Gasteiger partial charge in [0.1, 0.15) is 11.6 Å². The molecule has 2 aromatic heterocycles. The molecule has 0 unspecified atom stereocenters. The maximum absolute atomic E-state index is 13.0. The fourth-order valence-corrected chi connectivity index (χ4v) is 2.68. The Kier molecular flexibility index (Phi) is 3.92. The molecule has 0 bridgehead atoms. The molecule has 1 fully saturated rings. The second kappa shape index (κ2) is 6.37. The number of hydrogen-bond donors (Lipinski definition) is 1. The Morgan fingerprint density at radius 1 is 1.04 bits per heavy atom. The maximum atomic E-state index is 13.0. The third-order valence-electron chi connectivity index (χ3n) is 3.96. The highest BCUT2D eigenvalue weighted by Crippen LogP contribution is 2.24. The van der Waals surface area contributed by atoms with Gasteiger partial charge in [-0.15, -0.1) is 0 Å². The van der Waals surface area contributed by atoms with Crippen LogP contribution < -0.4 is 10.2 Å². The molecule has 3 aromatic rings. The standard InChI is InChI=1S/C17H16FN5O/c18-14-3-1-12(2-4-14)16-21-17(24-22-16)13-5-6-20-15(11-13)23-9-7-19-8-10-23/h1-6,11,19H,7-10H2. The highest BCUT2D eigenvalue weighted by molar-refractivity contribution is 5.62. The van der Waals surface area contributed by atoms with Gasteiger partial charge in [0, 0.05) is 43.5 Å². The van der Waals surface area contributed by atoms with Crippen LogP contribution in [0.2, 0.25) is 0 Å². The van der Waals surface area contributed by atoms with Crippen LogP contribution >= 0.6 is 0 Å². The summed E-state index contributed by atoms with van der Waals surface area (Å²) in [4.78, 5) is 11.1. The molecule has 0 aliphatic carbocycles. The van der Waals surface area contributed by atoms with Gasteiger partial charge in [-0.05, 0) is 36.4 Å². The van der Waals surface area contributed by atoms with E-state index in [1.807, 2.05) is 12.1 Å². The molecular weight excluding hydrogens is 309 g/mol. The minimum atomic E-state index is -0.294. The Morgan fingerprint density at radius 3 is 2.62 bits per heavy atom. The lowest BCUT2D eigenvalue weighted by Crippen LogP contribution is -2.43. The van der Waals surface area contributed by atoms with Crippen molar-refractivity contribution in [3.63, 3.8) is 0 Å². The molecule has 0 amide bonds. The molecule has 1 saturated heterocycles. The van der Waals surface area contributed by atoms with E-state index in [-0.39, 0.29) is 5.82 Å². The van der Waals surface area contributed by atoms with Crippen molar-refractivity contribution < 1.29 is 8.91 Å². The van der Waals surface area contributed by atoms with Crippen LogP contribution in [0.15, 0.2) is 47.1 Å². The quantitative estimate of drug-likeness (QED) is 0.797. The number of aromatic nitrogens is 3. The first kappa shape index (κ1) is 14.8. The molecule has 3 heterocycles. The van der Waals surface area contributed by atoms with E-state index in [1.165, 1.54) is 12.1 Å². The lowest BCUT2D eigenvalue weighted by molar-refractivity contribution is 0.432. The van der Waals surface area contributed by atoms with Gasteiger partial charge >= 0.3 is 0 Å². The summed E-state index contributed by atoms with van der Waals surface area (Å²) in [5, 5.41) is 7.30. The van der Waals surface area contributed by atoms with Gasteiger partial charge < -0.3 is 14.7 Å². The summed E-state index contributed by atoms with van der Waals surface area (Å²) in [6, 6.07) is 9.80. The molecule has 122 valence electrons. The minimum absolute atomic E-state index is 0.294. The van der Waals surface area contributed by atoms with Gasteiger partial charge in [0.2, 0.25) is 5.82 Å². The number of nitrogens with one attached hydrogen (secondary N) is 1. The lowest BCUT2D eigenvalue weighted by Gasteiger charge is -2.28. The first-order valence-corrected chi connectivity index (χ1v) is 7.81. The predicted molar refractivity (Wildman–Crippen MR) is 88.0 cm³/mol. The average Bonchev–Trinajstić information content (AvgIpc) is 3.13. The van der Waals surface area contributed by atoms with E-state index in [0.717, 1.165) is 37.6 Å². The molecule has 0 saturated carbocycles. The van der Waals surface area contributed by atoms with Crippen molar-refractivity contribution in [1.29, 1.82) is 0 Å². The minimum Gasteiger partial charge on any atom is -0.354 e. The molecule has 7 heteroatoms. The second-order valence-electron chi connectivity index (χ2n) is 5.57. The Balaban J connectivity index is 1.61. The summed E-state index contributed by atoms with van der Waals surface area (Å²) < 4.78 is 18.4. The Bertz CT molecular complexity index is 827. The third kappa shape index (κ3) is 2.98. The van der Waals surface area contributed by atoms with Crippen LogP contribution in [0, 0.1) is 5.82 Å². The Labute approximate surface area is 138 Å². The summed E-state index contributed by atoms with van der Waals surface area (Å²) in [7, 11) is 0. The molecular formula is C17H16FN5O. The first-order chi connectivity index (χ1) is 11.8. The van der Waals surface area contributed by atoms with E-state index in [9.17, 15) is 4.39 Å². The second-order valence-corrected chi connectivity index (χ2v) is 5.57. The SMILES string of the molecule is Fc1ccc(-c2noc(-c3ccnc(N4CCNCC4)c3)n2)cc1. The molecule has 4 rings (SSSR count). The van der Waals surface area contributed by atoms with E-state index in [1.54, 1.807) is 18.3 Å². The molecule has 0 atom stereocenters. The number of benzene rings is 1. The number of pyridine rings is 1. The summed E-state index contributed by atoms with van der Waals surface area (Å²) in [5.74, 6) is 1.46. The molecule has 24 heavy (non-hydrogen) atoms. The number of piperazine rings is 1. The predicted octanol–water partition coefficient (Wildman–Crippen LogP) is 2.35. The van der Waals surface area contributed by atoms with Crippen LogP contribution in [-0.4, -0.2) is 41.3 Å². The van der Waals surface area contributed by atoms with Crippen molar-refractivity contribution in [3.8, 4) is 22.8 Å². The largest absolute Gasteiger partial charge is 0.354 e. The van der Waals surface area contributed by atoms with Crippen molar-refractivity contribution in [1.82, 2.24) is 20.4 Å². The van der Waals surface area contributed by atoms with Crippen LogP contribution in [0.5, 0.6) is 0 Å². The highest BCUT2D eigenvalue weighted by atomic mass is 19.1. The van der Waals surface area contributed by atoms with Crippen LogP contribution in [0.3, 0.4) is 0 Å².